The summed E-state index contributed by atoms with van der Waals surface area (Å²) in [5.41, 5.74) is 6.27. The average molecular weight is 342 g/mol. The second kappa shape index (κ2) is 7.34. The molecule has 2 aromatic carbocycles. The molecule has 0 saturated carbocycles. The van der Waals surface area contributed by atoms with Crippen LogP contribution in [0.5, 0.6) is 23.0 Å². The number of hydrogen-bond donors (Lipinski definition) is 1. The van der Waals surface area contributed by atoms with Gasteiger partial charge in [0, 0.05) is 12.0 Å². The van der Waals surface area contributed by atoms with Crippen LogP contribution in [0, 0.1) is 0 Å². The number of rotatable bonds is 6. The minimum Gasteiger partial charge on any atom is -0.493 e. The Kier molecular flexibility index (Phi) is 4.97. The van der Waals surface area contributed by atoms with Crippen LogP contribution in [-0.4, -0.2) is 34.2 Å². The normalized spacial score (nSPS) is 16.0. The van der Waals surface area contributed by atoms with Gasteiger partial charge in [-0.1, -0.05) is 6.07 Å². The second-order valence-corrected chi connectivity index (χ2v) is 5.63. The van der Waals surface area contributed by atoms with E-state index in [-0.39, 0.29) is 6.04 Å². The molecular weight excluding hydrogens is 320 g/mol. The largest absolute Gasteiger partial charge is 0.493 e. The van der Waals surface area contributed by atoms with Gasteiger partial charge in [-0.15, -0.1) is 0 Å². The van der Waals surface area contributed by atoms with E-state index < -0.39 is 0 Å². The Labute approximate surface area is 147 Å². The first-order valence-electron chi connectivity index (χ1n) is 7.96. The molecule has 1 aliphatic rings. The smallest absolute Gasteiger partial charge is 0.161 e. The molecule has 1 aliphatic heterocycles. The molecule has 0 aromatic heterocycles. The standard InChI is InChI=1S/C19H22N2O4/c1-22-16-7-5-12(9-18(16)24-3)14-11-15(21-20-14)13-6-8-17(23-2)19(10-13)25-4/h5-10,14,20H,11H2,1-4H3. The molecule has 25 heavy (non-hydrogen) atoms. The minimum absolute atomic E-state index is 0.0860. The van der Waals surface area contributed by atoms with Crippen molar-refractivity contribution in [2.24, 2.45) is 5.10 Å². The third-order valence-electron chi connectivity index (χ3n) is 4.28. The van der Waals surface area contributed by atoms with Crippen LogP contribution in [0.25, 0.3) is 0 Å². The van der Waals surface area contributed by atoms with Crippen molar-refractivity contribution >= 4 is 5.71 Å². The monoisotopic (exact) mass is 342 g/mol. The summed E-state index contributed by atoms with van der Waals surface area (Å²) < 4.78 is 21.3. The predicted octanol–water partition coefficient (Wildman–Crippen LogP) is 3.16. The molecule has 1 unspecified atom stereocenters. The summed E-state index contributed by atoms with van der Waals surface area (Å²) in [7, 11) is 6.51. The molecular formula is C19H22N2O4. The first-order chi connectivity index (χ1) is 12.2. The molecule has 2 aromatic rings. The van der Waals surface area contributed by atoms with Crippen molar-refractivity contribution in [3.8, 4) is 23.0 Å². The first kappa shape index (κ1) is 17.0. The van der Waals surface area contributed by atoms with Gasteiger partial charge < -0.3 is 24.4 Å². The number of nitrogens with zero attached hydrogens (tertiary/aromatic N) is 1. The maximum atomic E-state index is 5.38. The summed E-state index contributed by atoms with van der Waals surface area (Å²) in [5.74, 6) is 2.82. The zero-order valence-electron chi connectivity index (χ0n) is 14.8. The molecule has 6 nitrogen and oxygen atoms in total. The lowest BCUT2D eigenvalue weighted by Gasteiger charge is -2.14. The number of nitrogens with one attached hydrogen (secondary N) is 1. The Bertz CT molecular complexity index is 789. The lowest BCUT2D eigenvalue weighted by Crippen LogP contribution is -2.10. The maximum Gasteiger partial charge on any atom is 0.161 e. The topological polar surface area (TPSA) is 61.3 Å². The number of hydrazone groups is 1. The second-order valence-electron chi connectivity index (χ2n) is 5.63. The van der Waals surface area contributed by atoms with E-state index in [0.717, 1.165) is 23.3 Å². The van der Waals surface area contributed by atoms with E-state index in [1.807, 2.05) is 36.4 Å². The molecule has 0 amide bonds. The SMILES string of the molecule is COc1ccc(C2=NNC(c3ccc(OC)c(OC)c3)C2)cc1OC. The molecule has 0 aliphatic carbocycles. The molecule has 1 heterocycles. The number of ether oxygens (including phenoxy) is 4. The van der Waals surface area contributed by atoms with Gasteiger partial charge in [-0.05, 0) is 35.9 Å². The highest BCUT2D eigenvalue weighted by Gasteiger charge is 2.23. The van der Waals surface area contributed by atoms with Crippen LogP contribution in [0.1, 0.15) is 23.6 Å². The summed E-state index contributed by atoms with van der Waals surface area (Å²) in [4.78, 5) is 0. The third kappa shape index (κ3) is 3.33. The molecule has 0 spiro atoms. The highest BCUT2D eigenvalue weighted by atomic mass is 16.5. The lowest BCUT2D eigenvalue weighted by atomic mass is 9.98. The van der Waals surface area contributed by atoms with E-state index >= 15 is 0 Å². The van der Waals surface area contributed by atoms with E-state index in [4.69, 9.17) is 18.9 Å². The molecule has 1 atom stereocenters. The Hall–Kier alpha value is -2.89. The molecule has 3 rings (SSSR count). The fourth-order valence-electron chi connectivity index (χ4n) is 2.90. The van der Waals surface area contributed by atoms with Crippen molar-refractivity contribution in [1.82, 2.24) is 5.43 Å². The summed E-state index contributed by atoms with van der Waals surface area (Å²) in [6.07, 6.45) is 0.769. The Morgan fingerprint density at radius 3 is 2.04 bits per heavy atom. The number of methoxy groups -OCH3 is 4. The van der Waals surface area contributed by atoms with Gasteiger partial charge >= 0.3 is 0 Å². The molecule has 0 bridgehead atoms. The summed E-state index contributed by atoms with van der Waals surface area (Å²) in [5, 5.41) is 4.49. The Morgan fingerprint density at radius 1 is 0.800 bits per heavy atom. The Balaban J connectivity index is 1.79. The van der Waals surface area contributed by atoms with Crippen LogP contribution in [-0.2, 0) is 0 Å². The summed E-state index contributed by atoms with van der Waals surface area (Å²) in [6, 6.07) is 11.8. The van der Waals surface area contributed by atoms with Crippen LogP contribution >= 0.6 is 0 Å². The van der Waals surface area contributed by atoms with Crippen LogP contribution in [0.15, 0.2) is 41.5 Å². The first-order valence-corrected chi connectivity index (χ1v) is 7.96. The quantitative estimate of drug-likeness (QED) is 0.874. The zero-order valence-corrected chi connectivity index (χ0v) is 14.8. The van der Waals surface area contributed by atoms with Gasteiger partial charge in [0.05, 0.1) is 40.2 Å². The van der Waals surface area contributed by atoms with Gasteiger partial charge in [0.2, 0.25) is 0 Å². The fraction of sp³-hybridized carbons (Fsp3) is 0.316. The van der Waals surface area contributed by atoms with Crippen molar-refractivity contribution < 1.29 is 18.9 Å². The van der Waals surface area contributed by atoms with E-state index in [9.17, 15) is 0 Å². The lowest BCUT2D eigenvalue weighted by molar-refractivity contribution is 0.354. The molecule has 0 saturated heterocycles. The Morgan fingerprint density at radius 2 is 1.40 bits per heavy atom. The molecule has 132 valence electrons. The van der Waals surface area contributed by atoms with E-state index in [1.54, 1.807) is 28.4 Å². The molecule has 6 heteroatoms. The highest BCUT2D eigenvalue weighted by Crippen LogP contribution is 2.34. The van der Waals surface area contributed by atoms with Crippen LogP contribution in [0.4, 0.5) is 0 Å². The van der Waals surface area contributed by atoms with Crippen molar-refractivity contribution in [3.05, 3.63) is 47.5 Å². The van der Waals surface area contributed by atoms with Crippen molar-refractivity contribution in [2.45, 2.75) is 12.5 Å². The van der Waals surface area contributed by atoms with Gasteiger partial charge in [0.1, 0.15) is 0 Å². The van der Waals surface area contributed by atoms with Crippen molar-refractivity contribution in [1.29, 1.82) is 0 Å². The van der Waals surface area contributed by atoms with Gasteiger partial charge in [-0.25, -0.2) is 0 Å². The van der Waals surface area contributed by atoms with E-state index in [2.05, 4.69) is 10.5 Å². The van der Waals surface area contributed by atoms with Gasteiger partial charge in [-0.3, -0.25) is 0 Å². The van der Waals surface area contributed by atoms with Crippen LogP contribution in [0.3, 0.4) is 0 Å². The maximum absolute atomic E-state index is 5.38. The van der Waals surface area contributed by atoms with Gasteiger partial charge in [0.25, 0.3) is 0 Å². The summed E-state index contributed by atoms with van der Waals surface area (Å²) in [6.45, 7) is 0. The number of benzene rings is 2. The van der Waals surface area contributed by atoms with Crippen molar-refractivity contribution in [3.63, 3.8) is 0 Å². The van der Waals surface area contributed by atoms with Crippen LogP contribution in [0.2, 0.25) is 0 Å². The summed E-state index contributed by atoms with van der Waals surface area (Å²) >= 11 is 0. The minimum atomic E-state index is 0.0860. The third-order valence-corrected chi connectivity index (χ3v) is 4.28. The van der Waals surface area contributed by atoms with E-state index in [1.165, 1.54) is 0 Å². The molecule has 0 fully saturated rings. The molecule has 0 radical (unpaired) electrons. The van der Waals surface area contributed by atoms with Gasteiger partial charge in [0.15, 0.2) is 23.0 Å². The number of hydrogen-bond acceptors (Lipinski definition) is 6. The van der Waals surface area contributed by atoms with Crippen molar-refractivity contribution in [2.75, 3.05) is 28.4 Å². The predicted molar refractivity (Wildman–Crippen MR) is 96.1 cm³/mol. The van der Waals surface area contributed by atoms with E-state index in [0.29, 0.717) is 23.0 Å². The zero-order chi connectivity index (χ0) is 17.8. The fourth-order valence-corrected chi connectivity index (χ4v) is 2.90. The average Bonchev–Trinajstić information content (AvgIpc) is 3.17. The van der Waals surface area contributed by atoms with Gasteiger partial charge in [-0.2, -0.15) is 5.10 Å². The van der Waals surface area contributed by atoms with Crippen LogP contribution < -0.4 is 24.4 Å². The molecule has 1 N–H and O–H groups in total. The highest BCUT2D eigenvalue weighted by molar-refractivity contribution is 6.02.